The standard InChI is InChI=1S/C15H22ClN3O2/c1-18(2)15(7-3-4-8-15)11-17-10-12-9-13(19(20)21)5-6-14(12)16/h5-6,9,17H,3-4,7-8,10-11H2,1-2H3. The van der Waals surface area contributed by atoms with Crippen molar-refractivity contribution in [1.82, 2.24) is 10.2 Å². The highest BCUT2D eigenvalue weighted by atomic mass is 35.5. The number of nitro benzene ring substituents is 1. The summed E-state index contributed by atoms with van der Waals surface area (Å²) in [5.41, 5.74) is 1.06. The van der Waals surface area contributed by atoms with Crippen LogP contribution in [0.5, 0.6) is 0 Å². The molecule has 0 aromatic heterocycles. The average molecular weight is 312 g/mol. The summed E-state index contributed by atoms with van der Waals surface area (Å²) in [5.74, 6) is 0. The van der Waals surface area contributed by atoms with Gasteiger partial charge in [0.15, 0.2) is 0 Å². The molecule has 1 fully saturated rings. The van der Waals surface area contributed by atoms with Gasteiger partial charge < -0.3 is 10.2 Å². The van der Waals surface area contributed by atoms with Crippen LogP contribution in [0.1, 0.15) is 31.2 Å². The van der Waals surface area contributed by atoms with Crippen LogP contribution in [0.3, 0.4) is 0 Å². The third-order valence-electron chi connectivity index (χ3n) is 4.49. The molecule has 1 aliphatic rings. The van der Waals surface area contributed by atoms with Crippen LogP contribution in [-0.2, 0) is 6.54 Å². The minimum Gasteiger partial charge on any atom is -0.311 e. The smallest absolute Gasteiger partial charge is 0.269 e. The van der Waals surface area contributed by atoms with Crippen molar-refractivity contribution in [3.63, 3.8) is 0 Å². The summed E-state index contributed by atoms with van der Waals surface area (Å²) < 4.78 is 0. The Kier molecular flexibility index (Phi) is 5.19. The van der Waals surface area contributed by atoms with Crippen LogP contribution in [0.4, 0.5) is 5.69 Å². The Labute approximate surface area is 130 Å². The van der Waals surface area contributed by atoms with Crippen molar-refractivity contribution in [2.75, 3.05) is 20.6 Å². The maximum atomic E-state index is 10.8. The molecule has 0 amide bonds. The van der Waals surface area contributed by atoms with E-state index in [-0.39, 0.29) is 11.2 Å². The lowest BCUT2D eigenvalue weighted by atomic mass is 9.96. The van der Waals surface area contributed by atoms with Gasteiger partial charge in [0, 0.05) is 35.8 Å². The second kappa shape index (κ2) is 6.73. The number of nitrogens with zero attached hydrogens (tertiary/aromatic N) is 2. The topological polar surface area (TPSA) is 58.4 Å². The zero-order valence-corrected chi connectivity index (χ0v) is 13.3. The molecule has 6 heteroatoms. The Morgan fingerprint density at radius 2 is 2.05 bits per heavy atom. The van der Waals surface area contributed by atoms with E-state index in [2.05, 4.69) is 24.3 Å². The minimum atomic E-state index is -0.391. The van der Waals surface area contributed by atoms with E-state index < -0.39 is 4.92 Å². The molecule has 2 rings (SSSR count). The van der Waals surface area contributed by atoms with Gasteiger partial charge in [0.2, 0.25) is 0 Å². The molecule has 0 radical (unpaired) electrons. The zero-order valence-electron chi connectivity index (χ0n) is 12.6. The molecule has 0 bridgehead atoms. The predicted molar refractivity (Wildman–Crippen MR) is 84.7 cm³/mol. The van der Waals surface area contributed by atoms with Crippen LogP contribution in [0.15, 0.2) is 18.2 Å². The summed E-state index contributed by atoms with van der Waals surface area (Å²) in [6, 6.07) is 4.57. The van der Waals surface area contributed by atoms with E-state index in [0.717, 1.165) is 12.1 Å². The van der Waals surface area contributed by atoms with Crippen molar-refractivity contribution < 1.29 is 4.92 Å². The Morgan fingerprint density at radius 1 is 1.38 bits per heavy atom. The van der Waals surface area contributed by atoms with Crippen LogP contribution < -0.4 is 5.32 Å². The number of hydrogen-bond acceptors (Lipinski definition) is 4. The van der Waals surface area contributed by atoms with Gasteiger partial charge in [0.05, 0.1) is 4.92 Å². The molecule has 1 aromatic carbocycles. The van der Waals surface area contributed by atoms with E-state index in [1.807, 2.05) is 0 Å². The molecule has 116 valence electrons. The number of hydrogen-bond donors (Lipinski definition) is 1. The summed E-state index contributed by atoms with van der Waals surface area (Å²) in [7, 11) is 4.24. The quantitative estimate of drug-likeness (QED) is 0.647. The van der Waals surface area contributed by atoms with Gasteiger partial charge >= 0.3 is 0 Å². The third kappa shape index (κ3) is 3.73. The van der Waals surface area contributed by atoms with Crippen LogP contribution in [0.25, 0.3) is 0 Å². The largest absolute Gasteiger partial charge is 0.311 e. The number of nitro groups is 1. The number of likely N-dealkylation sites (N-methyl/N-ethyl adjacent to an activating group) is 1. The van der Waals surface area contributed by atoms with Gasteiger partial charge in [0.25, 0.3) is 5.69 Å². The van der Waals surface area contributed by atoms with Crippen molar-refractivity contribution in [2.24, 2.45) is 0 Å². The molecule has 5 nitrogen and oxygen atoms in total. The second-order valence-electron chi connectivity index (χ2n) is 5.96. The molecule has 0 atom stereocenters. The molecule has 0 saturated heterocycles. The van der Waals surface area contributed by atoms with Crippen LogP contribution in [0.2, 0.25) is 5.02 Å². The molecule has 1 N–H and O–H groups in total. The Balaban J connectivity index is 2.00. The van der Waals surface area contributed by atoms with Gasteiger partial charge in [-0.15, -0.1) is 0 Å². The molecule has 1 saturated carbocycles. The molecule has 1 aliphatic carbocycles. The van der Waals surface area contributed by atoms with Crippen LogP contribution in [-0.4, -0.2) is 36.0 Å². The highest BCUT2D eigenvalue weighted by Crippen LogP contribution is 2.33. The van der Waals surface area contributed by atoms with E-state index in [4.69, 9.17) is 11.6 Å². The van der Waals surface area contributed by atoms with Crippen molar-refractivity contribution in [3.05, 3.63) is 38.9 Å². The molecule has 0 heterocycles. The first kappa shape index (κ1) is 16.2. The number of rotatable bonds is 6. The number of benzene rings is 1. The highest BCUT2D eigenvalue weighted by molar-refractivity contribution is 6.31. The van der Waals surface area contributed by atoms with E-state index in [9.17, 15) is 10.1 Å². The molecule has 0 unspecified atom stereocenters. The van der Waals surface area contributed by atoms with E-state index >= 15 is 0 Å². The Morgan fingerprint density at radius 3 is 2.62 bits per heavy atom. The van der Waals surface area contributed by atoms with Gasteiger partial charge in [-0.05, 0) is 38.6 Å². The maximum Gasteiger partial charge on any atom is 0.269 e. The monoisotopic (exact) mass is 311 g/mol. The SMILES string of the molecule is CN(C)C1(CNCc2cc([N+](=O)[O-])ccc2Cl)CCCC1. The van der Waals surface area contributed by atoms with E-state index in [0.29, 0.717) is 11.6 Å². The molecule has 0 spiro atoms. The molecular formula is C15H22ClN3O2. The fraction of sp³-hybridized carbons (Fsp3) is 0.600. The Hall–Kier alpha value is -1.17. The highest BCUT2D eigenvalue weighted by Gasteiger charge is 2.35. The predicted octanol–water partition coefficient (Wildman–Crippen LogP) is 3.21. The lowest BCUT2D eigenvalue weighted by molar-refractivity contribution is -0.384. The van der Waals surface area contributed by atoms with Crippen molar-refractivity contribution >= 4 is 17.3 Å². The first-order chi connectivity index (χ1) is 9.94. The first-order valence-corrected chi connectivity index (χ1v) is 7.63. The van der Waals surface area contributed by atoms with Gasteiger partial charge in [-0.1, -0.05) is 24.4 Å². The van der Waals surface area contributed by atoms with Gasteiger partial charge in [0.1, 0.15) is 0 Å². The van der Waals surface area contributed by atoms with Crippen LogP contribution in [0, 0.1) is 10.1 Å². The summed E-state index contributed by atoms with van der Waals surface area (Å²) in [4.78, 5) is 12.7. The summed E-state index contributed by atoms with van der Waals surface area (Å²) in [5, 5.41) is 14.8. The fourth-order valence-electron chi connectivity index (χ4n) is 3.06. The second-order valence-corrected chi connectivity index (χ2v) is 6.37. The normalized spacial score (nSPS) is 17.3. The van der Waals surface area contributed by atoms with Crippen LogP contribution >= 0.6 is 11.6 Å². The zero-order chi connectivity index (χ0) is 15.5. The maximum absolute atomic E-state index is 10.8. The number of non-ortho nitro benzene ring substituents is 1. The van der Waals surface area contributed by atoms with Crippen molar-refractivity contribution in [1.29, 1.82) is 0 Å². The fourth-order valence-corrected chi connectivity index (χ4v) is 3.24. The average Bonchev–Trinajstić information content (AvgIpc) is 2.90. The molecule has 0 aliphatic heterocycles. The third-order valence-corrected chi connectivity index (χ3v) is 4.86. The molecule has 21 heavy (non-hydrogen) atoms. The first-order valence-electron chi connectivity index (χ1n) is 7.26. The lowest BCUT2D eigenvalue weighted by Gasteiger charge is -2.36. The van der Waals surface area contributed by atoms with Gasteiger partial charge in [-0.25, -0.2) is 0 Å². The van der Waals surface area contributed by atoms with E-state index in [1.165, 1.54) is 31.7 Å². The van der Waals surface area contributed by atoms with Gasteiger partial charge in [-0.2, -0.15) is 0 Å². The number of nitrogens with one attached hydrogen (secondary N) is 1. The summed E-state index contributed by atoms with van der Waals surface area (Å²) >= 11 is 6.12. The number of halogens is 1. The Bertz CT molecular complexity index is 514. The van der Waals surface area contributed by atoms with Gasteiger partial charge in [-0.3, -0.25) is 10.1 Å². The summed E-state index contributed by atoms with van der Waals surface area (Å²) in [6.07, 6.45) is 4.90. The molecular weight excluding hydrogens is 290 g/mol. The van der Waals surface area contributed by atoms with E-state index in [1.54, 1.807) is 12.1 Å². The van der Waals surface area contributed by atoms with Crippen molar-refractivity contribution in [2.45, 2.75) is 37.8 Å². The minimum absolute atomic E-state index is 0.0828. The lowest BCUT2D eigenvalue weighted by Crippen LogP contribution is -2.49. The molecule has 1 aromatic rings. The van der Waals surface area contributed by atoms with Crippen molar-refractivity contribution in [3.8, 4) is 0 Å². The summed E-state index contributed by atoms with van der Waals surface area (Å²) in [6.45, 7) is 1.43.